The van der Waals surface area contributed by atoms with Gasteiger partial charge in [-0.3, -0.25) is 9.69 Å². The fourth-order valence-corrected chi connectivity index (χ4v) is 2.30. The highest BCUT2D eigenvalue weighted by atomic mass is 16.5. The van der Waals surface area contributed by atoms with E-state index in [1.54, 1.807) is 7.11 Å². The molecule has 1 aromatic carbocycles. The summed E-state index contributed by atoms with van der Waals surface area (Å²) in [5.41, 5.74) is 7.42. The Kier molecular flexibility index (Phi) is 7.36. The van der Waals surface area contributed by atoms with Crippen molar-refractivity contribution in [3.8, 4) is 0 Å². The molecule has 0 saturated carbocycles. The summed E-state index contributed by atoms with van der Waals surface area (Å²) in [5.74, 6) is -0.0271. The van der Waals surface area contributed by atoms with E-state index in [-0.39, 0.29) is 18.0 Å². The quantitative estimate of drug-likeness (QED) is 0.767. The van der Waals surface area contributed by atoms with Crippen molar-refractivity contribution in [1.29, 1.82) is 0 Å². The number of hydrogen-bond donors (Lipinski definition) is 2. The summed E-state index contributed by atoms with van der Waals surface area (Å²) in [6, 6.07) is 7.65. The first kappa shape index (κ1) is 17.6. The van der Waals surface area contributed by atoms with Gasteiger partial charge in [0.1, 0.15) is 0 Å². The largest absolute Gasteiger partial charge is 0.383 e. The number of rotatable bonds is 8. The average molecular weight is 293 g/mol. The van der Waals surface area contributed by atoms with Gasteiger partial charge in [-0.25, -0.2) is 0 Å². The minimum atomic E-state index is -0.231. The van der Waals surface area contributed by atoms with E-state index in [0.29, 0.717) is 13.2 Å². The summed E-state index contributed by atoms with van der Waals surface area (Å²) in [6.45, 7) is 7.80. The van der Waals surface area contributed by atoms with Crippen molar-refractivity contribution < 1.29 is 9.53 Å². The highest BCUT2D eigenvalue weighted by molar-refractivity contribution is 5.95. The molecule has 1 unspecified atom stereocenters. The Bertz CT molecular complexity index is 449. The molecule has 0 aliphatic heterocycles. The highest BCUT2D eigenvalue weighted by Gasteiger charge is 2.23. The number of benzene rings is 1. The summed E-state index contributed by atoms with van der Waals surface area (Å²) in [5, 5.41) is 2.97. The molecule has 1 atom stereocenters. The second-order valence-electron chi connectivity index (χ2n) is 5.35. The molecule has 0 aromatic heterocycles. The Morgan fingerprint density at radius 2 is 2.00 bits per heavy atom. The van der Waals surface area contributed by atoms with Gasteiger partial charge in [-0.05, 0) is 32.4 Å². The summed E-state index contributed by atoms with van der Waals surface area (Å²) in [7, 11) is 1.67. The Hall–Kier alpha value is -1.43. The van der Waals surface area contributed by atoms with Crippen LogP contribution in [0.2, 0.25) is 0 Å². The number of nitrogens with one attached hydrogen (secondary N) is 1. The van der Waals surface area contributed by atoms with Crippen LogP contribution in [0.25, 0.3) is 0 Å². The van der Waals surface area contributed by atoms with E-state index in [1.165, 1.54) is 0 Å². The maximum absolute atomic E-state index is 12.5. The monoisotopic (exact) mass is 293 g/mol. The number of para-hydroxylation sites is 1. The van der Waals surface area contributed by atoms with E-state index >= 15 is 0 Å². The SMILES string of the molecule is COCCN(C(C)C)C(C)C(=O)Nc1ccccc1CN. The van der Waals surface area contributed by atoms with Crippen molar-refractivity contribution >= 4 is 11.6 Å². The topological polar surface area (TPSA) is 67.6 Å². The van der Waals surface area contributed by atoms with Gasteiger partial charge in [0.25, 0.3) is 0 Å². The van der Waals surface area contributed by atoms with Crippen LogP contribution in [0.1, 0.15) is 26.3 Å². The Morgan fingerprint density at radius 3 is 2.57 bits per heavy atom. The molecule has 1 rings (SSSR count). The third-order valence-electron chi connectivity index (χ3n) is 3.59. The van der Waals surface area contributed by atoms with Crippen LogP contribution in [-0.4, -0.2) is 43.2 Å². The first-order chi connectivity index (χ1) is 10.0. The Labute approximate surface area is 127 Å². The van der Waals surface area contributed by atoms with E-state index in [2.05, 4.69) is 24.1 Å². The van der Waals surface area contributed by atoms with Gasteiger partial charge in [-0.2, -0.15) is 0 Å². The Balaban J connectivity index is 2.76. The van der Waals surface area contributed by atoms with Crippen LogP contribution in [0.15, 0.2) is 24.3 Å². The number of carbonyl (C=O) groups excluding carboxylic acids is 1. The number of carbonyl (C=O) groups is 1. The van der Waals surface area contributed by atoms with Crippen molar-refractivity contribution in [1.82, 2.24) is 4.90 Å². The molecule has 1 aromatic rings. The lowest BCUT2D eigenvalue weighted by atomic mass is 10.1. The predicted octanol–water partition coefficient (Wildman–Crippen LogP) is 1.83. The molecule has 0 aliphatic carbocycles. The van der Waals surface area contributed by atoms with Crippen LogP contribution in [0.4, 0.5) is 5.69 Å². The lowest BCUT2D eigenvalue weighted by molar-refractivity contribution is -0.121. The smallest absolute Gasteiger partial charge is 0.241 e. The molecule has 0 spiro atoms. The minimum absolute atomic E-state index is 0.0271. The lowest BCUT2D eigenvalue weighted by Gasteiger charge is -2.31. The van der Waals surface area contributed by atoms with Crippen molar-refractivity contribution in [2.24, 2.45) is 5.73 Å². The van der Waals surface area contributed by atoms with E-state index < -0.39 is 0 Å². The lowest BCUT2D eigenvalue weighted by Crippen LogP contribution is -2.47. The highest BCUT2D eigenvalue weighted by Crippen LogP contribution is 2.16. The molecule has 0 saturated heterocycles. The molecule has 0 aliphatic rings. The zero-order valence-electron chi connectivity index (χ0n) is 13.4. The molecule has 0 fully saturated rings. The molecule has 5 heteroatoms. The zero-order chi connectivity index (χ0) is 15.8. The molecular formula is C16H27N3O2. The van der Waals surface area contributed by atoms with E-state index in [0.717, 1.165) is 17.8 Å². The maximum atomic E-state index is 12.5. The van der Waals surface area contributed by atoms with Gasteiger partial charge in [0.15, 0.2) is 0 Å². The molecule has 0 bridgehead atoms. The number of nitrogens with two attached hydrogens (primary N) is 1. The summed E-state index contributed by atoms with van der Waals surface area (Å²) in [6.07, 6.45) is 0. The number of methoxy groups -OCH3 is 1. The third-order valence-corrected chi connectivity index (χ3v) is 3.59. The third kappa shape index (κ3) is 5.12. The fraction of sp³-hybridized carbons (Fsp3) is 0.562. The molecule has 3 N–H and O–H groups in total. The van der Waals surface area contributed by atoms with Crippen LogP contribution in [0.5, 0.6) is 0 Å². The molecular weight excluding hydrogens is 266 g/mol. The average Bonchev–Trinajstić information content (AvgIpc) is 2.47. The molecule has 21 heavy (non-hydrogen) atoms. The summed E-state index contributed by atoms with van der Waals surface area (Å²) >= 11 is 0. The van der Waals surface area contributed by atoms with Crippen LogP contribution in [0, 0.1) is 0 Å². The number of ether oxygens (including phenoxy) is 1. The first-order valence-electron chi connectivity index (χ1n) is 7.34. The maximum Gasteiger partial charge on any atom is 0.241 e. The van der Waals surface area contributed by atoms with Crippen LogP contribution in [0.3, 0.4) is 0 Å². The zero-order valence-corrected chi connectivity index (χ0v) is 13.4. The van der Waals surface area contributed by atoms with Gasteiger partial charge in [0.2, 0.25) is 5.91 Å². The predicted molar refractivity (Wildman–Crippen MR) is 86.1 cm³/mol. The number of nitrogens with zero attached hydrogens (tertiary/aromatic N) is 1. The van der Waals surface area contributed by atoms with Gasteiger partial charge in [0, 0.05) is 31.9 Å². The van der Waals surface area contributed by atoms with E-state index in [9.17, 15) is 4.79 Å². The van der Waals surface area contributed by atoms with Crippen molar-refractivity contribution in [3.63, 3.8) is 0 Å². The standard InChI is InChI=1S/C16H27N3O2/c1-12(2)19(9-10-21-4)13(3)16(20)18-15-8-6-5-7-14(15)11-17/h5-8,12-13H,9-11,17H2,1-4H3,(H,18,20). The van der Waals surface area contributed by atoms with Crippen molar-refractivity contribution in [2.75, 3.05) is 25.6 Å². The fourth-order valence-electron chi connectivity index (χ4n) is 2.30. The molecule has 118 valence electrons. The van der Waals surface area contributed by atoms with Crippen molar-refractivity contribution in [2.45, 2.75) is 39.4 Å². The summed E-state index contributed by atoms with van der Waals surface area (Å²) < 4.78 is 5.12. The van der Waals surface area contributed by atoms with Crippen LogP contribution < -0.4 is 11.1 Å². The van der Waals surface area contributed by atoms with Crippen LogP contribution in [-0.2, 0) is 16.1 Å². The van der Waals surface area contributed by atoms with Gasteiger partial charge in [0.05, 0.1) is 12.6 Å². The number of hydrogen-bond acceptors (Lipinski definition) is 4. The molecule has 0 radical (unpaired) electrons. The number of anilines is 1. The molecule has 5 nitrogen and oxygen atoms in total. The van der Waals surface area contributed by atoms with Gasteiger partial charge >= 0.3 is 0 Å². The normalized spacial score (nSPS) is 12.7. The molecule has 1 amide bonds. The van der Waals surface area contributed by atoms with E-state index in [1.807, 2.05) is 31.2 Å². The second kappa shape index (κ2) is 8.77. The number of amides is 1. The minimum Gasteiger partial charge on any atom is -0.383 e. The van der Waals surface area contributed by atoms with Gasteiger partial charge in [-0.1, -0.05) is 18.2 Å². The Morgan fingerprint density at radius 1 is 1.33 bits per heavy atom. The van der Waals surface area contributed by atoms with Gasteiger partial charge < -0.3 is 15.8 Å². The van der Waals surface area contributed by atoms with E-state index in [4.69, 9.17) is 10.5 Å². The second-order valence-corrected chi connectivity index (χ2v) is 5.35. The van der Waals surface area contributed by atoms with Gasteiger partial charge in [-0.15, -0.1) is 0 Å². The molecule has 0 heterocycles. The first-order valence-corrected chi connectivity index (χ1v) is 7.34. The van der Waals surface area contributed by atoms with Crippen LogP contribution >= 0.6 is 0 Å². The van der Waals surface area contributed by atoms with Crippen molar-refractivity contribution in [3.05, 3.63) is 29.8 Å². The summed E-state index contributed by atoms with van der Waals surface area (Å²) in [4.78, 5) is 14.6.